The summed E-state index contributed by atoms with van der Waals surface area (Å²) in [4.78, 5) is 18.3. The van der Waals surface area contributed by atoms with Crippen LogP contribution in [0.2, 0.25) is 0 Å². The minimum absolute atomic E-state index is 0.0743. The molecule has 0 spiro atoms. The minimum Gasteiger partial charge on any atom is -0.337 e. The van der Waals surface area contributed by atoms with Crippen molar-refractivity contribution < 1.29 is 13.2 Å². The first kappa shape index (κ1) is 17.4. The van der Waals surface area contributed by atoms with Crippen LogP contribution in [0.15, 0.2) is 53.7 Å². The SMILES string of the molecule is O=C(c1ccc(S(=O)(=O)Nc2ccncc2)cc1)N1CCCNCC1. The van der Waals surface area contributed by atoms with Crippen molar-refractivity contribution in [3.8, 4) is 0 Å². The molecule has 0 radical (unpaired) electrons. The first-order valence-electron chi connectivity index (χ1n) is 8.09. The second-order valence-electron chi connectivity index (χ2n) is 5.76. The number of benzene rings is 1. The molecule has 0 bridgehead atoms. The molecule has 1 amide bonds. The van der Waals surface area contributed by atoms with Gasteiger partial charge in [0.2, 0.25) is 0 Å². The summed E-state index contributed by atoms with van der Waals surface area (Å²) in [5.41, 5.74) is 0.928. The molecule has 2 N–H and O–H groups in total. The van der Waals surface area contributed by atoms with Gasteiger partial charge < -0.3 is 10.2 Å². The Balaban J connectivity index is 1.74. The molecular weight excluding hydrogens is 340 g/mol. The molecule has 7 nitrogen and oxygen atoms in total. The van der Waals surface area contributed by atoms with Crippen LogP contribution in [-0.4, -0.2) is 50.4 Å². The highest BCUT2D eigenvalue weighted by atomic mass is 32.2. The molecule has 1 aliphatic rings. The predicted molar refractivity (Wildman–Crippen MR) is 94.9 cm³/mol. The Morgan fingerprint density at radius 2 is 1.76 bits per heavy atom. The fraction of sp³-hybridized carbons (Fsp3) is 0.294. The first-order chi connectivity index (χ1) is 12.1. The van der Waals surface area contributed by atoms with Gasteiger partial charge in [-0.25, -0.2) is 8.42 Å². The van der Waals surface area contributed by atoms with Gasteiger partial charge in [0.25, 0.3) is 15.9 Å². The van der Waals surface area contributed by atoms with Crippen LogP contribution < -0.4 is 10.0 Å². The van der Waals surface area contributed by atoms with E-state index in [0.29, 0.717) is 24.3 Å². The Labute approximate surface area is 147 Å². The molecule has 3 rings (SSSR count). The van der Waals surface area contributed by atoms with E-state index in [2.05, 4.69) is 15.0 Å². The number of aromatic nitrogens is 1. The second kappa shape index (κ2) is 7.62. The van der Waals surface area contributed by atoms with Gasteiger partial charge in [-0.1, -0.05) is 0 Å². The summed E-state index contributed by atoms with van der Waals surface area (Å²) in [7, 11) is -3.70. The maximum absolute atomic E-state index is 12.5. The van der Waals surface area contributed by atoms with E-state index in [9.17, 15) is 13.2 Å². The van der Waals surface area contributed by atoms with Crippen molar-refractivity contribution in [1.29, 1.82) is 0 Å². The van der Waals surface area contributed by atoms with Gasteiger partial charge in [-0.15, -0.1) is 0 Å². The van der Waals surface area contributed by atoms with Crippen LogP contribution in [0.5, 0.6) is 0 Å². The van der Waals surface area contributed by atoms with Gasteiger partial charge in [0, 0.05) is 37.6 Å². The molecule has 8 heteroatoms. The summed E-state index contributed by atoms with van der Waals surface area (Å²) in [6.07, 6.45) is 3.93. The Bertz CT molecular complexity index is 815. The lowest BCUT2D eigenvalue weighted by Gasteiger charge is -2.20. The zero-order valence-corrected chi connectivity index (χ0v) is 14.5. The van der Waals surface area contributed by atoms with Gasteiger partial charge >= 0.3 is 0 Å². The standard InChI is InChI=1S/C17H20N4O3S/c22-17(21-12-1-8-18-11-13-21)14-2-4-16(5-3-14)25(23,24)20-15-6-9-19-10-7-15/h2-7,9-10,18H,1,8,11-13H2,(H,19,20). The normalized spacial score (nSPS) is 15.4. The van der Waals surface area contributed by atoms with Gasteiger partial charge in [-0.05, 0) is 49.4 Å². The minimum atomic E-state index is -3.70. The molecular formula is C17H20N4O3S. The van der Waals surface area contributed by atoms with E-state index in [1.54, 1.807) is 29.2 Å². The number of sulfonamides is 1. The van der Waals surface area contributed by atoms with E-state index >= 15 is 0 Å². The number of hydrogen-bond donors (Lipinski definition) is 2. The number of rotatable bonds is 4. The van der Waals surface area contributed by atoms with E-state index in [4.69, 9.17) is 0 Å². The van der Waals surface area contributed by atoms with Gasteiger partial charge in [-0.3, -0.25) is 14.5 Å². The molecule has 0 atom stereocenters. The smallest absolute Gasteiger partial charge is 0.261 e. The summed E-state index contributed by atoms with van der Waals surface area (Å²) in [5.74, 6) is -0.0743. The quantitative estimate of drug-likeness (QED) is 0.858. The Morgan fingerprint density at radius 1 is 1.04 bits per heavy atom. The molecule has 25 heavy (non-hydrogen) atoms. The fourth-order valence-electron chi connectivity index (χ4n) is 2.64. The van der Waals surface area contributed by atoms with Crippen LogP contribution in [0.1, 0.15) is 16.8 Å². The van der Waals surface area contributed by atoms with Crippen LogP contribution in [0, 0.1) is 0 Å². The summed E-state index contributed by atoms with van der Waals surface area (Å²) >= 11 is 0. The number of amides is 1. The average molecular weight is 360 g/mol. The van der Waals surface area contributed by atoms with Crippen molar-refractivity contribution in [1.82, 2.24) is 15.2 Å². The summed E-state index contributed by atoms with van der Waals surface area (Å²) < 4.78 is 27.3. The van der Waals surface area contributed by atoms with Crippen molar-refractivity contribution >= 4 is 21.6 Å². The van der Waals surface area contributed by atoms with Gasteiger partial charge in [0.15, 0.2) is 0 Å². The van der Waals surface area contributed by atoms with E-state index in [1.807, 2.05) is 0 Å². The second-order valence-corrected chi connectivity index (χ2v) is 7.44. The van der Waals surface area contributed by atoms with E-state index in [0.717, 1.165) is 19.5 Å². The van der Waals surface area contributed by atoms with Crippen LogP contribution in [0.3, 0.4) is 0 Å². The van der Waals surface area contributed by atoms with Crippen molar-refractivity contribution in [3.63, 3.8) is 0 Å². The molecule has 0 aliphatic carbocycles. The third-order valence-corrected chi connectivity index (χ3v) is 5.37. The molecule has 1 saturated heterocycles. The van der Waals surface area contributed by atoms with E-state index < -0.39 is 10.0 Å². The van der Waals surface area contributed by atoms with Crippen LogP contribution in [-0.2, 0) is 10.0 Å². The molecule has 0 saturated carbocycles. The number of hydrogen-bond acceptors (Lipinski definition) is 5. The number of pyridine rings is 1. The molecule has 132 valence electrons. The number of nitrogens with zero attached hydrogens (tertiary/aromatic N) is 2. The van der Waals surface area contributed by atoms with Gasteiger partial charge in [-0.2, -0.15) is 0 Å². The largest absolute Gasteiger partial charge is 0.337 e. The third kappa shape index (κ3) is 4.34. The highest BCUT2D eigenvalue weighted by Gasteiger charge is 2.19. The van der Waals surface area contributed by atoms with Crippen molar-refractivity contribution in [2.45, 2.75) is 11.3 Å². The van der Waals surface area contributed by atoms with E-state index in [1.165, 1.54) is 24.5 Å². The van der Waals surface area contributed by atoms with Gasteiger partial charge in [0.05, 0.1) is 10.6 Å². The third-order valence-electron chi connectivity index (χ3n) is 3.97. The van der Waals surface area contributed by atoms with Crippen LogP contribution >= 0.6 is 0 Å². The fourth-order valence-corrected chi connectivity index (χ4v) is 3.70. The predicted octanol–water partition coefficient (Wildman–Crippen LogP) is 1.32. The molecule has 1 aliphatic heterocycles. The molecule has 1 aromatic carbocycles. The average Bonchev–Trinajstić information content (AvgIpc) is 2.91. The molecule has 2 aromatic rings. The number of carbonyl (C=O) groups is 1. The number of nitrogens with one attached hydrogen (secondary N) is 2. The molecule has 0 unspecified atom stereocenters. The summed E-state index contributed by atoms with van der Waals surface area (Å²) in [6.45, 7) is 3.04. The Kier molecular flexibility index (Phi) is 5.30. The lowest BCUT2D eigenvalue weighted by atomic mass is 10.2. The van der Waals surface area contributed by atoms with Crippen molar-refractivity contribution in [3.05, 3.63) is 54.4 Å². The maximum Gasteiger partial charge on any atom is 0.261 e. The summed E-state index contributed by atoms with van der Waals surface area (Å²) in [6, 6.07) is 9.16. The highest BCUT2D eigenvalue weighted by molar-refractivity contribution is 7.92. The van der Waals surface area contributed by atoms with E-state index in [-0.39, 0.29) is 10.8 Å². The lowest BCUT2D eigenvalue weighted by molar-refractivity contribution is 0.0766. The molecule has 1 fully saturated rings. The Hall–Kier alpha value is -2.45. The molecule has 2 heterocycles. The van der Waals surface area contributed by atoms with Crippen LogP contribution in [0.25, 0.3) is 0 Å². The zero-order chi connectivity index (χ0) is 17.7. The number of carbonyl (C=O) groups excluding carboxylic acids is 1. The first-order valence-corrected chi connectivity index (χ1v) is 9.57. The topological polar surface area (TPSA) is 91.4 Å². The highest BCUT2D eigenvalue weighted by Crippen LogP contribution is 2.17. The lowest BCUT2D eigenvalue weighted by Crippen LogP contribution is -2.34. The number of anilines is 1. The molecule has 1 aromatic heterocycles. The van der Waals surface area contributed by atoms with Gasteiger partial charge in [0.1, 0.15) is 0 Å². The van der Waals surface area contributed by atoms with Crippen molar-refractivity contribution in [2.75, 3.05) is 30.9 Å². The zero-order valence-electron chi connectivity index (χ0n) is 13.7. The Morgan fingerprint density at radius 3 is 2.48 bits per heavy atom. The summed E-state index contributed by atoms with van der Waals surface area (Å²) in [5, 5.41) is 3.25. The monoisotopic (exact) mass is 360 g/mol. The maximum atomic E-state index is 12.5. The van der Waals surface area contributed by atoms with Crippen LogP contribution in [0.4, 0.5) is 5.69 Å². The van der Waals surface area contributed by atoms with Crippen molar-refractivity contribution in [2.24, 2.45) is 0 Å².